The molecule has 1 aliphatic carbocycles. The quantitative estimate of drug-likeness (QED) is 0.0482. The van der Waals surface area contributed by atoms with E-state index in [-0.39, 0.29) is 18.5 Å². The maximum absolute atomic E-state index is 12.6. The summed E-state index contributed by atoms with van der Waals surface area (Å²) in [5.74, 6) is 0.298. The molecule has 8 nitrogen and oxygen atoms in total. The molecule has 56 heavy (non-hydrogen) atoms. The Labute approximate surface area is 347 Å². The third-order valence-electron chi connectivity index (χ3n) is 12.0. The second kappa shape index (κ2) is 40.6. The van der Waals surface area contributed by atoms with Crippen molar-refractivity contribution < 1.29 is 28.9 Å². The van der Waals surface area contributed by atoms with Gasteiger partial charge in [-0.1, -0.05) is 162 Å². The van der Waals surface area contributed by atoms with E-state index in [1.54, 1.807) is 0 Å². The number of esters is 2. The first-order valence-corrected chi connectivity index (χ1v) is 24.5. The number of aliphatic hydroxyl groups is 1. The van der Waals surface area contributed by atoms with Crippen LogP contribution in [0.25, 0.3) is 0 Å². The number of hydrogen-bond donors (Lipinski definition) is 1. The Morgan fingerprint density at radius 1 is 0.536 bits per heavy atom. The van der Waals surface area contributed by atoms with Crippen molar-refractivity contribution in [3.63, 3.8) is 0 Å². The molecule has 1 fully saturated rings. The zero-order valence-electron chi connectivity index (χ0n) is 37.5. The van der Waals surface area contributed by atoms with Gasteiger partial charge in [0.05, 0.1) is 39.5 Å². The first-order valence-electron chi connectivity index (χ1n) is 24.5. The third-order valence-corrected chi connectivity index (χ3v) is 12.0. The van der Waals surface area contributed by atoms with Crippen molar-refractivity contribution in [1.82, 2.24) is 9.80 Å². The summed E-state index contributed by atoms with van der Waals surface area (Å²) in [4.78, 5) is 29.7. The molecule has 0 spiro atoms. The van der Waals surface area contributed by atoms with Crippen molar-refractivity contribution in [2.45, 2.75) is 226 Å². The fourth-order valence-electron chi connectivity index (χ4n) is 7.88. The zero-order chi connectivity index (χ0) is 40.6. The van der Waals surface area contributed by atoms with Gasteiger partial charge in [0.1, 0.15) is 0 Å². The molecule has 0 aromatic carbocycles. The van der Waals surface area contributed by atoms with Gasteiger partial charge in [-0.15, -0.1) is 0 Å². The van der Waals surface area contributed by atoms with Crippen molar-refractivity contribution in [3.05, 3.63) is 0 Å². The number of aliphatic hydroxyl groups excluding tert-OH is 1. The SMILES string of the molecule is CCCCCCCCCCCOC(=O)CCCCCN(CCN(CCO)CCOCCC(=O)OCC(CCCCCCCC)CCCCCCCC)C1CCC1. The van der Waals surface area contributed by atoms with Crippen molar-refractivity contribution in [3.8, 4) is 0 Å². The van der Waals surface area contributed by atoms with Crippen LogP contribution >= 0.6 is 0 Å². The van der Waals surface area contributed by atoms with Crippen LogP contribution in [0.3, 0.4) is 0 Å². The van der Waals surface area contributed by atoms with Crippen LogP contribution in [0.2, 0.25) is 0 Å². The highest BCUT2D eigenvalue weighted by atomic mass is 16.5. The Balaban J connectivity index is 2.24. The minimum Gasteiger partial charge on any atom is -0.466 e. The Hall–Kier alpha value is -1.22. The topological polar surface area (TPSA) is 88.5 Å². The molecule has 1 rings (SSSR count). The van der Waals surface area contributed by atoms with Crippen molar-refractivity contribution in [1.29, 1.82) is 0 Å². The number of carbonyl (C=O) groups is 2. The Morgan fingerprint density at radius 2 is 1.07 bits per heavy atom. The average molecular weight is 795 g/mol. The first-order chi connectivity index (χ1) is 27.5. The van der Waals surface area contributed by atoms with Crippen molar-refractivity contribution in [2.75, 3.05) is 65.8 Å². The highest BCUT2D eigenvalue weighted by Crippen LogP contribution is 2.25. The van der Waals surface area contributed by atoms with Crippen LogP contribution in [0, 0.1) is 5.92 Å². The first kappa shape index (κ1) is 52.8. The second-order valence-electron chi connectivity index (χ2n) is 17.1. The number of hydrogen-bond acceptors (Lipinski definition) is 8. The maximum Gasteiger partial charge on any atom is 0.308 e. The van der Waals surface area contributed by atoms with Crippen LogP contribution in [-0.4, -0.2) is 98.6 Å². The molecule has 0 aromatic heterocycles. The fraction of sp³-hybridized carbons (Fsp3) is 0.958. The molecule has 0 aliphatic heterocycles. The van der Waals surface area contributed by atoms with Gasteiger partial charge >= 0.3 is 11.9 Å². The van der Waals surface area contributed by atoms with E-state index in [0.29, 0.717) is 57.8 Å². The Bertz CT molecular complexity index is 840. The molecule has 0 atom stereocenters. The maximum atomic E-state index is 12.6. The lowest BCUT2D eigenvalue weighted by Gasteiger charge is -2.38. The highest BCUT2D eigenvalue weighted by Gasteiger charge is 2.25. The molecule has 1 saturated carbocycles. The zero-order valence-corrected chi connectivity index (χ0v) is 37.5. The van der Waals surface area contributed by atoms with Gasteiger partial charge in [-0.05, 0) is 57.4 Å². The van der Waals surface area contributed by atoms with Gasteiger partial charge in [0.15, 0.2) is 0 Å². The van der Waals surface area contributed by atoms with E-state index in [1.807, 2.05) is 0 Å². The summed E-state index contributed by atoms with van der Waals surface area (Å²) < 4.78 is 17.2. The molecular formula is C48H94N2O6. The summed E-state index contributed by atoms with van der Waals surface area (Å²) in [5.41, 5.74) is 0. The minimum atomic E-state index is -0.143. The van der Waals surface area contributed by atoms with E-state index in [0.717, 1.165) is 58.3 Å². The summed E-state index contributed by atoms with van der Waals surface area (Å²) in [6, 6.07) is 0.658. The lowest BCUT2D eigenvalue weighted by Crippen LogP contribution is -2.45. The molecular weight excluding hydrogens is 701 g/mol. The van der Waals surface area contributed by atoms with E-state index in [1.165, 1.54) is 154 Å². The molecule has 8 heteroatoms. The van der Waals surface area contributed by atoms with E-state index in [4.69, 9.17) is 14.2 Å². The molecule has 0 bridgehead atoms. The molecule has 1 aliphatic rings. The Kier molecular flexibility index (Phi) is 38.2. The van der Waals surface area contributed by atoms with Gasteiger partial charge in [-0.2, -0.15) is 0 Å². The van der Waals surface area contributed by atoms with E-state index in [9.17, 15) is 14.7 Å². The summed E-state index contributed by atoms with van der Waals surface area (Å²) in [6.45, 7) is 13.3. The van der Waals surface area contributed by atoms with E-state index < -0.39 is 0 Å². The summed E-state index contributed by atoms with van der Waals surface area (Å²) in [7, 11) is 0. The van der Waals surface area contributed by atoms with Gasteiger partial charge in [0, 0.05) is 38.6 Å². The molecule has 0 aromatic rings. The van der Waals surface area contributed by atoms with E-state index in [2.05, 4.69) is 30.6 Å². The van der Waals surface area contributed by atoms with Crippen LogP contribution in [0.15, 0.2) is 0 Å². The molecule has 0 amide bonds. The smallest absolute Gasteiger partial charge is 0.308 e. The van der Waals surface area contributed by atoms with Crippen LogP contribution in [-0.2, 0) is 23.8 Å². The lowest BCUT2D eigenvalue weighted by atomic mass is 9.91. The normalized spacial score (nSPS) is 13.3. The van der Waals surface area contributed by atoms with Gasteiger partial charge < -0.3 is 19.3 Å². The van der Waals surface area contributed by atoms with Crippen LogP contribution in [0.4, 0.5) is 0 Å². The average Bonchev–Trinajstić information content (AvgIpc) is 3.17. The molecule has 0 heterocycles. The predicted octanol–water partition coefficient (Wildman–Crippen LogP) is 11.8. The number of carbonyl (C=O) groups excluding carboxylic acids is 2. The fourth-order valence-corrected chi connectivity index (χ4v) is 7.88. The Morgan fingerprint density at radius 3 is 1.62 bits per heavy atom. The lowest BCUT2D eigenvalue weighted by molar-refractivity contribution is -0.146. The standard InChI is InChI=1S/C48H94N2O6/c1-4-7-10-13-16-17-18-21-27-41-55-47(52)33-25-22-26-35-50(46-31-28-32-46)37-36-49(38-40-51)39-43-54-42-34-48(53)56-44-45(29-23-19-14-11-8-5-2)30-24-20-15-12-9-6-3/h45-46,51H,4-44H2,1-3H3. The van der Waals surface area contributed by atoms with E-state index >= 15 is 0 Å². The number of ether oxygens (including phenoxy) is 3. The van der Waals surface area contributed by atoms with Gasteiger partial charge in [-0.25, -0.2) is 0 Å². The predicted molar refractivity (Wildman–Crippen MR) is 235 cm³/mol. The summed E-state index contributed by atoms with van der Waals surface area (Å²) in [6.07, 6.45) is 37.1. The molecule has 0 unspecified atom stereocenters. The largest absolute Gasteiger partial charge is 0.466 e. The van der Waals surface area contributed by atoms with Crippen LogP contribution in [0.5, 0.6) is 0 Å². The minimum absolute atomic E-state index is 0.0367. The molecule has 0 saturated heterocycles. The van der Waals surface area contributed by atoms with Crippen LogP contribution < -0.4 is 0 Å². The second-order valence-corrected chi connectivity index (χ2v) is 17.1. The van der Waals surface area contributed by atoms with Gasteiger partial charge in [-0.3, -0.25) is 19.4 Å². The van der Waals surface area contributed by atoms with Crippen LogP contribution in [0.1, 0.15) is 220 Å². The molecule has 1 N–H and O–H groups in total. The van der Waals surface area contributed by atoms with Crippen molar-refractivity contribution in [2.24, 2.45) is 5.92 Å². The summed E-state index contributed by atoms with van der Waals surface area (Å²) >= 11 is 0. The highest BCUT2D eigenvalue weighted by molar-refractivity contribution is 5.69. The number of nitrogens with zero attached hydrogens (tertiary/aromatic N) is 2. The number of unbranched alkanes of at least 4 members (excludes halogenated alkanes) is 20. The summed E-state index contributed by atoms with van der Waals surface area (Å²) in [5, 5.41) is 9.74. The van der Waals surface area contributed by atoms with Crippen molar-refractivity contribution >= 4 is 11.9 Å². The van der Waals surface area contributed by atoms with Gasteiger partial charge in [0.2, 0.25) is 0 Å². The molecule has 332 valence electrons. The third kappa shape index (κ3) is 32.7. The van der Waals surface area contributed by atoms with Gasteiger partial charge in [0.25, 0.3) is 0 Å². The molecule has 0 radical (unpaired) electrons. The number of rotatable bonds is 44. The monoisotopic (exact) mass is 795 g/mol.